The molecular weight excluding hydrogens is 246 g/mol. The molecule has 1 aliphatic heterocycles. The molecule has 0 unspecified atom stereocenters. The number of hydrogen-bond donors (Lipinski definition) is 2. The van der Waals surface area contributed by atoms with Gasteiger partial charge in [0, 0.05) is 13.1 Å². The second-order valence-corrected chi connectivity index (χ2v) is 4.44. The van der Waals surface area contributed by atoms with Crippen LogP contribution in [-0.2, 0) is 16.1 Å². The Labute approximate surface area is 111 Å². The van der Waals surface area contributed by atoms with E-state index in [1.807, 2.05) is 0 Å². The fraction of sp³-hybridized carbons (Fsp3) is 0.500. The van der Waals surface area contributed by atoms with Crippen LogP contribution in [0.3, 0.4) is 0 Å². The molecule has 1 fully saturated rings. The second kappa shape index (κ2) is 6.24. The molecule has 1 aromatic rings. The third-order valence-corrected chi connectivity index (χ3v) is 2.66. The van der Waals surface area contributed by atoms with Crippen molar-refractivity contribution < 1.29 is 9.59 Å². The monoisotopic (exact) mass is 263 g/mol. The van der Waals surface area contributed by atoms with Crippen molar-refractivity contribution in [3.63, 3.8) is 0 Å². The highest BCUT2D eigenvalue weighted by molar-refractivity contribution is 5.99. The van der Waals surface area contributed by atoms with Crippen molar-refractivity contribution in [2.45, 2.75) is 19.9 Å². The number of amides is 2. The van der Waals surface area contributed by atoms with Crippen LogP contribution in [0.15, 0.2) is 12.4 Å². The molecule has 1 saturated heterocycles. The largest absolute Gasteiger partial charge is 0.369 e. The van der Waals surface area contributed by atoms with Gasteiger partial charge in [-0.3, -0.25) is 24.8 Å². The summed E-state index contributed by atoms with van der Waals surface area (Å²) in [6.45, 7) is 3.80. The van der Waals surface area contributed by atoms with E-state index >= 15 is 0 Å². The molecule has 2 amide bonds. The number of anilines is 1. The highest BCUT2D eigenvalue weighted by Gasteiger charge is 2.22. The number of nitrogens with one attached hydrogen (secondary N) is 2. The van der Waals surface area contributed by atoms with E-state index in [1.54, 1.807) is 17.3 Å². The van der Waals surface area contributed by atoms with E-state index in [0.29, 0.717) is 6.54 Å². The van der Waals surface area contributed by atoms with Crippen LogP contribution in [0, 0.1) is 0 Å². The zero-order valence-electron chi connectivity index (χ0n) is 10.8. The number of aromatic nitrogens is 2. The molecule has 2 N–H and O–H groups in total. The van der Waals surface area contributed by atoms with Gasteiger partial charge in [-0.25, -0.2) is 4.98 Å². The van der Waals surface area contributed by atoms with Crippen molar-refractivity contribution in [1.29, 1.82) is 0 Å². The molecule has 102 valence electrons. The number of carbonyl (C=O) groups excluding carboxylic acids is 2. The maximum absolute atomic E-state index is 11.2. The molecule has 0 aliphatic carbocycles. The van der Waals surface area contributed by atoms with Crippen LogP contribution < -0.4 is 10.6 Å². The van der Waals surface area contributed by atoms with Crippen LogP contribution in [0.1, 0.15) is 19.0 Å². The van der Waals surface area contributed by atoms with Crippen LogP contribution in [0.5, 0.6) is 0 Å². The lowest BCUT2D eigenvalue weighted by Crippen LogP contribution is -2.50. The van der Waals surface area contributed by atoms with Crippen LogP contribution >= 0.6 is 0 Å². The predicted octanol–water partition coefficient (Wildman–Crippen LogP) is -0.243. The van der Waals surface area contributed by atoms with Crippen molar-refractivity contribution in [3.8, 4) is 0 Å². The number of rotatable bonds is 5. The van der Waals surface area contributed by atoms with Crippen molar-refractivity contribution >= 4 is 17.6 Å². The molecule has 19 heavy (non-hydrogen) atoms. The zero-order chi connectivity index (χ0) is 13.7. The van der Waals surface area contributed by atoms with Gasteiger partial charge in [-0.2, -0.15) is 0 Å². The maximum atomic E-state index is 11.2. The van der Waals surface area contributed by atoms with Gasteiger partial charge in [0.25, 0.3) is 0 Å². The predicted molar refractivity (Wildman–Crippen MR) is 69.2 cm³/mol. The minimum atomic E-state index is -0.273. The quantitative estimate of drug-likeness (QED) is 0.713. The lowest BCUT2D eigenvalue weighted by Gasteiger charge is -2.24. The first-order valence-electron chi connectivity index (χ1n) is 6.27. The van der Waals surface area contributed by atoms with Gasteiger partial charge >= 0.3 is 0 Å². The van der Waals surface area contributed by atoms with Gasteiger partial charge in [0.05, 0.1) is 31.2 Å². The summed E-state index contributed by atoms with van der Waals surface area (Å²) in [5.74, 6) is 0.189. The Morgan fingerprint density at radius 3 is 2.58 bits per heavy atom. The van der Waals surface area contributed by atoms with Crippen LogP contribution in [0.25, 0.3) is 0 Å². The third-order valence-electron chi connectivity index (χ3n) is 2.66. The van der Waals surface area contributed by atoms with Crippen LogP contribution in [0.2, 0.25) is 0 Å². The van der Waals surface area contributed by atoms with E-state index in [4.69, 9.17) is 0 Å². The lowest BCUT2D eigenvalue weighted by atomic mass is 10.3. The van der Waals surface area contributed by atoms with Gasteiger partial charge in [-0.05, 0) is 6.42 Å². The number of nitrogens with zero attached hydrogens (tertiary/aromatic N) is 3. The molecule has 1 aromatic heterocycles. The molecule has 0 bridgehead atoms. The van der Waals surface area contributed by atoms with E-state index in [2.05, 4.69) is 27.5 Å². The highest BCUT2D eigenvalue weighted by atomic mass is 16.2. The Morgan fingerprint density at radius 2 is 2.00 bits per heavy atom. The van der Waals surface area contributed by atoms with Gasteiger partial charge in [0.15, 0.2) is 0 Å². The summed E-state index contributed by atoms with van der Waals surface area (Å²) in [7, 11) is 0. The van der Waals surface area contributed by atoms with Crippen molar-refractivity contribution in [2.75, 3.05) is 25.0 Å². The van der Waals surface area contributed by atoms with Gasteiger partial charge in [0.1, 0.15) is 5.82 Å². The molecule has 0 aromatic carbocycles. The smallest absolute Gasteiger partial charge is 0.240 e. The third kappa shape index (κ3) is 3.99. The molecule has 2 rings (SSSR count). The average molecular weight is 263 g/mol. The van der Waals surface area contributed by atoms with Crippen LogP contribution in [-0.4, -0.2) is 46.3 Å². The molecule has 0 radical (unpaired) electrons. The van der Waals surface area contributed by atoms with E-state index in [1.165, 1.54) is 0 Å². The molecule has 7 heteroatoms. The second-order valence-electron chi connectivity index (χ2n) is 4.44. The summed E-state index contributed by atoms with van der Waals surface area (Å²) in [5, 5.41) is 5.40. The van der Waals surface area contributed by atoms with Crippen molar-refractivity contribution in [1.82, 2.24) is 20.2 Å². The molecule has 7 nitrogen and oxygen atoms in total. The normalized spacial score (nSPS) is 16.3. The molecule has 2 heterocycles. The lowest BCUT2D eigenvalue weighted by molar-refractivity contribution is -0.136. The first-order valence-corrected chi connectivity index (χ1v) is 6.27. The first kappa shape index (κ1) is 13.4. The number of carbonyl (C=O) groups is 2. The number of piperazine rings is 1. The summed E-state index contributed by atoms with van der Waals surface area (Å²) in [6.07, 6.45) is 4.35. The number of imide groups is 1. The van der Waals surface area contributed by atoms with Crippen molar-refractivity contribution in [2.24, 2.45) is 0 Å². The van der Waals surface area contributed by atoms with E-state index in [9.17, 15) is 9.59 Å². The maximum Gasteiger partial charge on any atom is 0.240 e. The van der Waals surface area contributed by atoms with Gasteiger partial charge in [0.2, 0.25) is 11.8 Å². The van der Waals surface area contributed by atoms with E-state index in [-0.39, 0.29) is 24.9 Å². The van der Waals surface area contributed by atoms with Crippen molar-refractivity contribution in [3.05, 3.63) is 18.1 Å². The van der Waals surface area contributed by atoms with Crippen LogP contribution in [0.4, 0.5) is 5.82 Å². The SMILES string of the molecule is CCCNc1cnc(CN2CC(=O)NC(=O)C2)cn1. The minimum Gasteiger partial charge on any atom is -0.369 e. The van der Waals surface area contributed by atoms with Gasteiger partial charge in [-0.15, -0.1) is 0 Å². The topological polar surface area (TPSA) is 87.2 Å². The highest BCUT2D eigenvalue weighted by Crippen LogP contribution is 2.05. The summed E-state index contributed by atoms with van der Waals surface area (Å²) < 4.78 is 0. The Kier molecular flexibility index (Phi) is 4.40. The molecular formula is C12H17N5O2. The van der Waals surface area contributed by atoms with Gasteiger partial charge in [-0.1, -0.05) is 6.92 Å². The minimum absolute atomic E-state index is 0.212. The fourth-order valence-electron chi connectivity index (χ4n) is 1.82. The number of hydrogen-bond acceptors (Lipinski definition) is 6. The molecule has 1 aliphatic rings. The zero-order valence-corrected chi connectivity index (χ0v) is 10.8. The fourth-order valence-corrected chi connectivity index (χ4v) is 1.82. The summed E-state index contributed by atoms with van der Waals surface area (Å²) in [4.78, 5) is 32.7. The Balaban J connectivity index is 1.91. The Hall–Kier alpha value is -2.02. The Morgan fingerprint density at radius 1 is 1.26 bits per heavy atom. The standard InChI is InChI=1S/C12H17N5O2/c1-2-3-13-10-5-14-9(4-15-10)6-17-7-11(18)16-12(19)8-17/h4-5H,2-3,6-8H2,1H3,(H,13,15)(H,16,18,19). The first-order chi connectivity index (χ1) is 9.17. The van der Waals surface area contributed by atoms with Gasteiger partial charge < -0.3 is 5.32 Å². The summed E-state index contributed by atoms with van der Waals surface area (Å²) in [5.41, 5.74) is 0.740. The van der Waals surface area contributed by atoms with E-state index < -0.39 is 0 Å². The molecule has 0 spiro atoms. The Bertz CT molecular complexity index is 444. The summed E-state index contributed by atoms with van der Waals surface area (Å²) >= 11 is 0. The molecule has 0 atom stereocenters. The average Bonchev–Trinajstić information content (AvgIpc) is 2.37. The summed E-state index contributed by atoms with van der Waals surface area (Å²) in [6, 6.07) is 0. The molecule has 0 saturated carbocycles. The van der Waals surface area contributed by atoms with E-state index in [0.717, 1.165) is 24.5 Å².